The maximum absolute atomic E-state index is 12.7. The molecule has 0 bridgehead atoms. The van der Waals surface area contributed by atoms with Gasteiger partial charge >= 0.3 is 5.97 Å². The molecule has 0 aliphatic carbocycles. The normalized spacial score (nSPS) is 13.1. The van der Waals surface area contributed by atoms with E-state index in [0.717, 1.165) is 6.42 Å². The molecule has 146 valence electrons. The Hall–Kier alpha value is -2.86. The van der Waals surface area contributed by atoms with Gasteiger partial charge in [-0.25, -0.2) is 9.78 Å². The van der Waals surface area contributed by atoms with Crippen molar-refractivity contribution in [2.75, 3.05) is 0 Å². The summed E-state index contributed by atoms with van der Waals surface area (Å²) in [5, 5.41) is 3.39. The predicted octanol–water partition coefficient (Wildman–Crippen LogP) is 3.88. The summed E-state index contributed by atoms with van der Waals surface area (Å²) in [5.41, 5.74) is 1.82. The molecule has 0 saturated heterocycles. The summed E-state index contributed by atoms with van der Waals surface area (Å²) in [6.45, 7) is 3.89. The second kappa shape index (κ2) is 8.89. The van der Waals surface area contributed by atoms with E-state index < -0.39 is 12.0 Å². The van der Waals surface area contributed by atoms with Crippen LogP contribution in [0.15, 0.2) is 54.9 Å². The summed E-state index contributed by atoms with van der Waals surface area (Å²) in [6.07, 6.45) is 4.22. The van der Waals surface area contributed by atoms with Crippen molar-refractivity contribution in [3.63, 3.8) is 0 Å². The number of hydrogen-bond acceptors (Lipinski definition) is 4. The average molecular weight is 400 g/mol. The molecule has 6 nitrogen and oxygen atoms in total. The van der Waals surface area contributed by atoms with Gasteiger partial charge in [0, 0.05) is 18.0 Å². The van der Waals surface area contributed by atoms with Gasteiger partial charge in [-0.05, 0) is 30.2 Å². The highest BCUT2D eigenvalue weighted by atomic mass is 35.5. The minimum Gasteiger partial charge on any atom is -0.458 e. The van der Waals surface area contributed by atoms with E-state index in [0.29, 0.717) is 21.9 Å². The number of esters is 1. The van der Waals surface area contributed by atoms with E-state index >= 15 is 0 Å². The van der Waals surface area contributed by atoms with Gasteiger partial charge in [-0.15, -0.1) is 0 Å². The van der Waals surface area contributed by atoms with Crippen LogP contribution in [0, 0.1) is 5.92 Å². The van der Waals surface area contributed by atoms with E-state index in [1.54, 1.807) is 53.2 Å². The lowest BCUT2D eigenvalue weighted by atomic mass is 9.99. The molecule has 0 radical (unpaired) electrons. The molecule has 1 N–H and O–H groups in total. The Morgan fingerprint density at radius 2 is 1.93 bits per heavy atom. The third kappa shape index (κ3) is 4.70. The van der Waals surface area contributed by atoms with Crippen molar-refractivity contribution in [3.8, 4) is 0 Å². The average Bonchev–Trinajstić information content (AvgIpc) is 3.12. The number of pyridine rings is 1. The fraction of sp³-hybridized carbons (Fsp3) is 0.286. The smallest absolute Gasteiger partial charge is 0.329 e. The SMILES string of the molecule is CC[C@H](C)[C@H](NC(=O)c1ccccc1)C(=O)OCc1cn2cc(Cl)ccc2n1. The molecule has 0 unspecified atom stereocenters. The fourth-order valence-electron chi connectivity index (χ4n) is 2.80. The van der Waals surface area contributed by atoms with E-state index in [9.17, 15) is 9.59 Å². The van der Waals surface area contributed by atoms with Crippen LogP contribution in [-0.2, 0) is 16.1 Å². The van der Waals surface area contributed by atoms with Crippen LogP contribution in [0.4, 0.5) is 0 Å². The van der Waals surface area contributed by atoms with E-state index in [1.807, 2.05) is 19.9 Å². The Balaban J connectivity index is 1.67. The number of nitrogens with one attached hydrogen (secondary N) is 1. The Morgan fingerprint density at radius 1 is 1.18 bits per heavy atom. The molecule has 0 aliphatic heterocycles. The van der Waals surface area contributed by atoms with Crippen molar-refractivity contribution in [2.24, 2.45) is 5.92 Å². The first-order valence-electron chi connectivity index (χ1n) is 9.13. The lowest BCUT2D eigenvalue weighted by Gasteiger charge is -2.22. The summed E-state index contributed by atoms with van der Waals surface area (Å²) in [5.74, 6) is -0.848. The molecule has 0 saturated carbocycles. The number of ether oxygens (including phenoxy) is 1. The van der Waals surface area contributed by atoms with Crippen LogP contribution in [0.2, 0.25) is 5.02 Å². The number of carbonyl (C=O) groups excluding carboxylic acids is 2. The third-order valence-electron chi connectivity index (χ3n) is 4.62. The summed E-state index contributed by atoms with van der Waals surface area (Å²) >= 11 is 5.97. The molecule has 0 fully saturated rings. The van der Waals surface area contributed by atoms with Crippen LogP contribution in [0.3, 0.4) is 0 Å². The summed E-state index contributed by atoms with van der Waals surface area (Å²) in [7, 11) is 0. The highest BCUT2D eigenvalue weighted by molar-refractivity contribution is 6.30. The number of imidazole rings is 1. The zero-order valence-electron chi connectivity index (χ0n) is 15.8. The maximum atomic E-state index is 12.7. The number of nitrogens with zero attached hydrogens (tertiary/aromatic N) is 2. The van der Waals surface area contributed by atoms with Gasteiger partial charge in [0.15, 0.2) is 0 Å². The van der Waals surface area contributed by atoms with Gasteiger partial charge in [-0.2, -0.15) is 0 Å². The van der Waals surface area contributed by atoms with Gasteiger partial charge in [0.05, 0.1) is 10.7 Å². The Kier molecular flexibility index (Phi) is 6.31. The van der Waals surface area contributed by atoms with Crippen molar-refractivity contribution >= 4 is 29.1 Å². The first-order valence-corrected chi connectivity index (χ1v) is 9.51. The molecule has 3 rings (SSSR count). The highest BCUT2D eigenvalue weighted by Crippen LogP contribution is 2.14. The van der Waals surface area contributed by atoms with Crippen LogP contribution in [-0.4, -0.2) is 27.3 Å². The molecule has 2 heterocycles. The van der Waals surface area contributed by atoms with Crippen molar-refractivity contribution < 1.29 is 14.3 Å². The quantitative estimate of drug-likeness (QED) is 0.612. The molecular formula is C21H22ClN3O3. The van der Waals surface area contributed by atoms with Crippen LogP contribution in [0.5, 0.6) is 0 Å². The number of fused-ring (bicyclic) bond motifs is 1. The second-order valence-corrected chi connectivity index (χ2v) is 7.09. The highest BCUT2D eigenvalue weighted by Gasteiger charge is 2.28. The second-order valence-electron chi connectivity index (χ2n) is 6.66. The fourth-order valence-corrected chi connectivity index (χ4v) is 2.97. The number of halogens is 1. The summed E-state index contributed by atoms with van der Waals surface area (Å²) in [4.78, 5) is 29.5. The molecule has 1 amide bonds. The van der Waals surface area contributed by atoms with Gasteiger partial charge in [-0.1, -0.05) is 50.1 Å². The Bertz CT molecular complexity index is 971. The molecule has 3 aromatic rings. The Labute approximate surface area is 168 Å². The maximum Gasteiger partial charge on any atom is 0.329 e. The van der Waals surface area contributed by atoms with E-state index in [2.05, 4.69) is 10.3 Å². The lowest BCUT2D eigenvalue weighted by Crippen LogP contribution is -2.45. The molecule has 1 aromatic carbocycles. The number of aromatic nitrogens is 2. The number of hydrogen-bond donors (Lipinski definition) is 1. The number of amides is 1. The zero-order chi connectivity index (χ0) is 20.1. The Morgan fingerprint density at radius 3 is 2.64 bits per heavy atom. The van der Waals surface area contributed by atoms with E-state index in [1.165, 1.54) is 0 Å². The lowest BCUT2D eigenvalue weighted by molar-refractivity contribution is -0.148. The van der Waals surface area contributed by atoms with E-state index in [-0.39, 0.29) is 18.4 Å². The number of carbonyl (C=O) groups is 2. The van der Waals surface area contributed by atoms with Crippen molar-refractivity contribution in [2.45, 2.75) is 32.9 Å². The van der Waals surface area contributed by atoms with Crippen LogP contribution < -0.4 is 5.32 Å². The van der Waals surface area contributed by atoms with Crippen molar-refractivity contribution in [1.29, 1.82) is 0 Å². The van der Waals surface area contributed by atoms with Crippen molar-refractivity contribution in [1.82, 2.24) is 14.7 Å². The van der Waals surface area contributed by atoms with Gasteiger partial charge < -0.3 is 14.5 Å². The minimum absolute atomic E-state index is 0.0201. The molecule has 0 aliphatic rings. The first-order chi connectivity index (χ1) is 13.5. The predicted molar refractivity (Wildman–Crippen MR) is 107 cm³/mol. The van der Waals surface area contributed by atoms with Crippen molar-refractivity contribution in [3.05, 3.63) is 71.1 Å². The molecule has 28 heavy (non-hydrogen) atoms. The molecule has 2 aromatic heterocycles. The van der Waals surface area contributed by atoms with Gasteiger partial charge in [0.1, 0.15) is 18.3 Å². The minimum atomic E-state index is -0.732. The van der Waals surface area contributed by atoms with E-state index in [4.69, 9.17) is 16.3 Å². The molecule has 7 heteroatoms. The monoisotopic (exact) mass is 399 g/mol. The van der Waals surface area contributed by atoms with Gasteiger partial charge in [0.25, 0.3) is 5.91 Å². The largest absolute Gasteiger partial charge is 0.458 e. The number of benzene rings is 1. The zero-order valence-corrected chi connectivity index (χ0v) is 16.5. The topological polar surface area (TPSA) is 72.7 Å². The summed E-state index contributed by atoms with van der Waals surface area (Å²) < 4.78 is 7.22. The summed E-state index contributed by atoms with van der Waals surface area (Å²) in [6, 6.07) is 11.6. The van der Waals surface area contributed by atoms with Crippen LogP contribution in [0.25, 0.3) is 5.65 Å². The van der Waals surface area contributed by atoms with Gasteiger partial charge in [-0.3, -0.25) is 4.79 Å². The number of rotatable bonds is 7. The van der Waals surface area contributed by atoms with Gasteiger partial charge in [0.2, 0.25) is 0 Å². The standard InChI is InChI=1S/C21H22ClN3O3/c1-3-14(2)19(24-20(26)15-7-5-4-6-8-15)21(27)28-13-17-12-25-11-16(22)9-10-18(25)23-17/h4-12,14,19H,3,13H2,1-2H3,(H,24,26)/t14-,19-/m0/s1. The first kappa shape index (κ1) is 19.9. The molecule has 0 spiro atoms. The molecule has 2 atom stereocenters. The molecular weight excluding hydrogens is 378 g/mol. The van der Waals surface area contributed by atoms with Crippen LogP contribution in [0.1, 0.15) is 36.3 Å². The third-order valence-corrected chi connectivity index (χ3v) is 4.84. The van der Waals surface area contributed by atoms with Crippen LogP contribution >= 0.6 is 11.6 Å².